The van der Waals surface area contributed by atoms with Gasteiger partial charge in [-0.25, -0.2) is 14.0 Å². The lowest BCUT2D eigenvalue weighted by Gasteiger charge is -2.21. The summed E-state index contributed by atoms with van der Waals surface area (Å²) in [5, 5.41) is 16.2. The van der Waals surface area contributed by atoms with Crippen molar-refractivity contribution in [3.63, 3.8) is 0 Å². The fourth-order valence-corrected chi connectivity index (χ4v) is 2.62. The number of hydrogen-bond acceptors (Lipinski definition) is 7. The Balaban J connectivity index is 2.12. The minimum absolute atomic E-state index is 0.0465. The predicted octanol–water partition coefficient (Wildman–Crippen LogP) is 3.65. The van der Waals surface area contributed by atoms with Crippen LogP contribution in [0.2, 0.25) is 0 Å². The number of carbonyl (C=O) groups is 1. The van der Waals surface area contributed by atoms with Crippen molar-refractivity contribution in [3.05, 3.63) is 58.7 Å². The number of rotatable bonds is 4. The van der Waals surface area contributed by atoms with E-state index < -0.39 is 35.2 Å². The van der Waals surface area contributed by atoms with Crippen molar-refractivity contribution in [2.24, 2.45) is 4.99 Å². The molecule has 0 bridgehead atoms. The summed E-state index contributed by atoms with van der Waals surface area (Å²) in [7, 11) is 0. The van der Waals surface area contributed by atoms with Gasteiger partial charge in [0.25, 0.3) is 0 Å². The summed E-state index contributed by atoms with van der Waals surface area (Å²) < 4.78 is 57.5. The van der Waals surface area contributed by atoms with Crippen LogP contribution in [0.1, 0.15) is 5.69 Å². The van der Waals surface area contributed by atoms with E-state index in [9.17, 15) is 27.6 Å². The Morgan fingerprint density at radius 2 is 1.90 bits per heavy atom. The van der Waals surface area contributed by atoms with E-state index in [1.54, 1.807) is 5.48 Å². The number of nitrogens with zero attached hydrogens (tertiary/aromatic N) is 5. The SMILES string of the molecule is O=C(N(c1ccncc1)c1nonc1C(=Nc1ccc(F)c(Br)c1)NO)C(F)(F)F. The Morgan fingerprint density at radius 1 is 1.20 bits per heavy atom. The molecule has 0 fully saturated rings. The van der Waals surface area contributed by atoms with E-state index >= 15 is 0 Å². The molecule has 14 heteroatoms. The van der Waals surface area contributed by atoms with Crippen LogP contribution in [0.25, 0.3) is 0 Å². The van der Waals surface area contributed by atoms with Crippen LogP contribution < -0.4 is 10.4 Å². The number of aliphatic imine (C=N–C) groups is 1. The van der Waals surface area contributed by atoms with Crippen molar-refractivity contribution >= 4 is 44.9 Å². The predicted molar refractivity (Wildman–Crippen MR) is 97.0 cm³/mol. The third kappa shape index (κ3) is 4.44. The molecule has 2 aromatic heterocycles. The first-order valence-electron chi connectivity index (χ1n) is 7.80. The third-order valence-corrected chi connectivity index (χ3v) is 4.13. The lowest BCUT2D eigenvalue weighted by atomic mass is 10.2. The molecule has 3 rings (SSSR count). The Kier molecular flexibility index (Phi) is 6.07. The highest BCUT2D eigenvalue weighted by molar-refractivity contribution is 9.10. The van der Waals surface area contributed by atoms with E-state index in [0.717, 1.165) is 30.6 Å². The standard InChI is InChI=1S/C16H9BrF4N6O3/c17-10-7-8(1-2-11(10)18)23-13(24-29)12-14(26-30-25-12)27(15(28)16(19,20)21)9-3-5-22-6-4-9/h1-7,29H,(H,23,24). The zero-order valence-electron chi connectivity index (χ0n) is 14.4. The second-order valence-electron chi connectivity index (χ2n) is 5.45. The summed E-state index contributed by atoms with van der Waals surface area (Å²) in [5.41, 5.74) is 0.982. The van der Waals surface area contributed by atoms with Gasteiger partial charge in [0.15, 0.2) is 11.5 Å². The van der Waals surface area contributed by atoms with Crippen molar-refractivity contribution in [1.82, 2.24) is 20.8 Å². The summed E-state index contributed by atoms with van der Waals surface area (Å²) >= 11 is 2.96. The summed E-state index contributed by atoms with van der Waals surface area (Å²) in [4.78, 5) is 19.9. The molecule has 9 nitrogen and oxygen atoms in total. The van der Waals surface area contributed by atoms with Crippen LogP contribution in [-0.4, -0.2) is 38.4 Å². The zero-order chi connectivity index (χ0) is 21.9. The van der Waals surface area contributed by atoms with Crippen LogP contribution in [0.5, 0.6) is 0 Å². The van der Waals surface area contributed by atoms with Crippen molar-refractivity contribution in [2.45, 2.75) is 6.18 Å². The molecule has 0 aliphatic rings. The van der Waals surface area contributed by atoms with Crippen molar-refractivity contribution < 1.29 is 32.2 Å². The molecule has 30 heavy (non-hydrogen) atoms. The monoisotopic (exact) mass is 488 g/mol. The Labute approximate surface area is 173 Å². The van der Waals surface area contributed by atoms with Crippen LogP contribution in [0.3, 0.4) is 0 Å². The fraction of sp³-hybridized carbons (Fsp3) is 0.0625. The number of benzene rings is 1. The molecule has 1 amide bonds. The number of aromatic nitrogens is 3. The van der Waals surface area contributed by atoms with Crippen LogP contribution >= 0.6 is 15.9 Å². The maximum Gasteiger partial charge on any atom is 0.472 e. The normalized spacial score (nSPS) is 12.0. The molecule has 0 aliphatic carbocycles. The van der Waals surface area contributed by atoms with Gasteiger partial charge in [0.05, 0.1) is 15.8 Å². The third-order valence-electron chi connectivity index (χ3n) is 3.52. The molecule has 156 valence electrons. The first-order valence-corrected chi connectivity index (χ1v) is 8.59. The second-order valence-corrected chi connectivity index (χ2v) is 6.31. The number of amidine groups is 1. The Morgan fingerprint density at radius 3 is 2.50 bits per heavy atom. The lowest BCUT2D eigenvalue weighted by Crippen LogP contribution is -2.39. The minimum Gasteiger partial charge on any atom is -0.290 e. The summed E-state index contributed by atoms with van der Waals surface area (Å²) in [5.74, 6) is -4.10. The average Bonchev–Trinajstić information content (AvgIpc) is 3.18. The molecule has 0 saturated carbocycles. The summed E-state index contributed by atoms with van der Waals surface area (Å²) in [6, 6.07) is 5.79. The van der Waals surface area contributed by atoms with Crippen molar-refractivity contribution in [2.75, 3.05) is 4.90 Å². The largest absolute Gasteiger partial charge is 0.472 e. The fourth-order valence-electron chi connectivity index (χ4n) is 2.25. The highest BCUT2D eigenvalue weighted by atomic mass is 79.9. The molecule has 0 radical (unpaired) electrons. The van der Waals surface area contributed by atoms with Gasteiger partial charge in [-0.3, -0.25) is 25.4 Å². The van der Waals surface area contributed by atoms with Crippen molar-refractivity contribution in [3.8, 4) is 0 Å². The molecule has 2 N–H and O–H groups in total. The number of anilines is 2. The zero-order valence-corrected chi connectivity index (χ0v) is 16.0. The van der Waals surface area contributed by atoms with Gasteiger partial charge >= 0.3 is 12.1 Å². The number of pyridine rings is 1. The molecule has 1 aromatic carbocycles. The molecule has 0 saturated heterocycles. The number of hydrogen-bond donors (Lipinski definition) is 2. The summed E-state index contributed by atoms with van der Waals surface area (Å²) in [6.07, 6.45) is -2.95. The molecule has 0 spiro atoms. The van der Waals surface area contributed by atoms with Gasteiger partial charge in [0.1, 0.15) is 5.82 Å². The summed E-state index contributed by atoms with van der Waals surface area (Å²) in [6.45, 7) is 0. The van der Waals surface area contributed by atoms with Gasteiger partial charge in [-0.1, -0.05) is 0 Å². The average molecular weight is 489 g/mol. The van der Waals surface area contributed by atoms with E-state index in [-0.39, 0.29) is 20.7 Å². The molecule has 2 heterocycles. The maximum atomic E-state index is 13.4. The van der Waals surface area contributed by atoms with Crippen LogP contribution in [0.4, 0.5) is 34.8 Å². The van der Waals surface area contributed by atoms with Crippen LogP contribution in [0.15, 0.2) is 56.8 Å². The Hall–Kier alpha value is -3.39. The number of hydroxylamine groups is 1. The number of carbonyl (C=O) groups excluding carboxylic acids is 1. The first kappa shape index (κ1) is 21.3. The van der Waals surface area contributed by atoms with E-state index in [1.165, 1.54) is 12.1 Å². The van der Waals surface area contributed by atoms with E-state index in [0.29, 0.717) is 0 Å². The highest BCUT2D eigenvalue weighted by Gasteiger charge is 2.46. The molecule has 0 atom stereocenters. The van der Waals surface area contributed by atoms with Crippen LogP contribution in [-0.2, 0) is 4.79 Å². The van der Waals surface area contributed by atoms with Gasteiger partial charge in [0.2, 0.25) is 5.82 Å². The second kappa shape index (κ2) is 8.54. The quantitative estimate of drug-likeness (QED) is 0.249. The van der Waals surface area contributed by atoms with Gasteiger partial charge in [-0.15, -0.1) is 0 Å². The maximum absolute atomic E-state index is 13.4. The van der Waals surface area contributed by atoms with E-state index in [4.69, 9.17) is 0 Å². The molecule has 3 aromatic rings. The molecular weight excluding hydrogens is 480 g/mol. The van der Waals surface area contributed by atoms with E-state index in [2.05, 4.69) is 40.8 Å². The topological polar surface area (TPSA) is 117 Å². The molecular formula is C16H9BrF4N6O3. The van der Waals surface area contributed by atoms with Gasteiger partial charge in [-0.2, -0.15) is 13.2 Å². The van der Waals surface area contributed by atoms with Gasteiger partial charge in [-0.05, 0) is 56.6 Å². The number of halogens is 5. The van der Waals surface area contributed by atoms with E-state index in [1.807, 2.05) is 0 Å². The highest BCUT2D eigenvalue weighted by Crippen LogP contribution is 2.32. The number of amides is 1. The van der Waals surface area contributed by atoms with Gasteiger partial charge in [0, 0.05) is 12.4 Å². The molecule has 0 unspecified atom stereocenters. The number of alkyl halides is 3. The van der Waals surface area contributed by atoms with Gasteiger partial charge < -0.3 is 0 Å². The van der Waals surface area contributed by atoms with Crippen LogP contribution in [0, 0.1) is 5.82 Å². The smallest absolute Gasteiger partial charge is 0.290 e. The Bertz CT molecular complexity index is 1090. The lowest BCUT2D eigenvalue weighted by molar-refractivity contribution is -0.169. The minimum atomic E-state index is -5.27. The number of nitrogens with one attached hydrogen (secondary N) is 1. The molecule has 0 aliphatic heterocycles. The first-order chi connectivity index (χ1) is 14.2. The van der Waals surface area contributed by atoms with Crippen molar-refractivity contribution in [1.29, 1.82) is 0 Å².